The average molecular weight is 716 g/mol. The van der Waals surface area contributed by atoms with Crippen LogP contribution in [0.25, 0.3) is 33.4 Å². The van der Waals surface area contributed by atoms with Crippen LogP contribution in [-0.2, 0) is 19.1 Å². The number of fused-ring (bicyclic) bond motifs is 2. The number of amides is 4. The molecule has 2 heterocycles. The quantitative estimate of drug-likeness (QED) is 0.0770. The summed E-state index contributed by atoms with van der Waals surface area (Å²) in [5.74, 6) is -0.580. The van der Waals surface area contributed by atoms with E-state index in [1.807, 2.05) is 24.3 Å². The van der Waals surface area contributed by atoms with Crippen molar-refractivity contribution in [3.63, 3.8) is 0 Å². The molecule has 3 aliphatic rings. The van der Waals surface area contributed by atoms with Gasteiger partial charge in [-0.15, -0.1) is 0 Å². The highest BCUT2D eigenvalue weighted by molar-refractivity contribution is 6.13. The lowest BCUT2D eigenvalue weighted by molar-refractivity contribution is -0.137. The predicted molar refractivity (Wildman–Crippen MR) is 195 cm³/mol. The van der Waals surface area contributed by atoms with E-state index in [2.05, 4.69) is 84.2 Å². The van der Waals surface area contributed by atoms with Gasteiger partial charge in [0.05, 0.1) is 19.3 Å². The number of hydrogen-bond acceptors (Lipinski definition) is 7. The van der Waals surface area contributed by atoms with Crippen molar-refractivity contribution in [3.8, 4) is 22.5 Å². The molecule has 1 aliphatic carbocycles. The van der Waals surface area contributed by atoms with E-state index in [1.165, 1.54) is 12.2 Å². The van der Waals surface area contributed by atoms with Crippen LogP contribution in [0, 0.1) is 0 Å². The fourth-order valence-corrected chi connectivity index (χ4v) is 6.28. The van der Waals surface area contributed by atoms with E-state index in [1.54, 1.807) is 0 Å². The SMILES string of the molecule is CCN(CC)c1ccc2c(-c3ccccc3C(=O)NCCOCCNC(=O)CCN3C(=O)C=CC3=O)c3ccc(=[N+](CC)CC)cc-3oc2c1.[Cl-]. The van der Waals surface area contributed by atoms with Gasteiger partial charge in [-0.2, -0.15) is 0 Å². The van der Waals surface area contributed by atoms with Crippen LogP contribution in [0.4, 0.5) is 5.69 Å². The number of benzene rings is 3. The monoisotopic (exact) mass is 715 g/mol. The number of hydrogen-bond donors (Lipinski definition) is 2. The van der Waals surface area contributed by atoms with Crippen molar-refractivity contribution < 1.29 is 40.7 Å². The average Bonchev–Trinajstić information content (AvgIpc) is 3.45. The summed E-state index contributed by atoms with van der Waals surface area (Å²) in [7, 11) is 0. The molecule has 2 aromatic carbocycles. The highest BCUT2D eigenvalue weighted by Gasteiger charge is 2.24. The van der Waals surface area contributed by atoms with E-state index in [-0.39, 0.29) is 63.5 Å². The van der Waals surface area contributed by atoms with Crippen LogP contribution >= 0.6 is 0 Å². The molecule has 0 spiro atoms. The minimum Gasteiger partial charge on any atom is -1.00 e. The summed E-state index contributed by atoms with van der Waals surface area (Å²) in [5, 5.41) is 7.69. The molecular weight excluding hydrogens is 670 g/mol. The van der Waals surface area contributed by atoms with Gasteiger partial charge >= 0.3 is 0 Å². The zero-order chi connectivity index (χ0) is 35.6. The topological polar surface area (TPSA) is 124 Å². The van der Waals surface area contributed by atoms with E-state index >= 15 is 0 Å². The van der Waals surface area contributed by atoms with Crippen molar-refractivity contribution in [2.75, 3.05) is 63.9 Å². The van der Waals surface area contributed by atoms with Crippen LogP contribution < -0.4 is 37.9 Å². The molecule has 2 aliphatic heterocycles. The Bertz CT molecular complexity index is 1930. The summed E-state index contributed by atoms with van der Waals surface area (Å²) in [6.07, 6.45) is 2.40. The maximum Gasteiger partial charge on any atom is 0.253 e. The van der Waals surface area contributed by atoms with Gasteiger partial charge in [-0.1, -0.05) is 18.2 Å². The smallest absolute Gasteiger partial charge is 0.253 e. The largest absolute Gasteiger partial charge is 1.00 e. The second kappa shape index (κ2) is 18.3. The zero-order valence-electron chi connectivity index (χ0n) is 29.7. The lowest BCUT2D eigenvalue weighted by Crippen LogP contribution is -3.00. The zero-order valence-corrected chi connectivity index (χ0v) is 30.4. The molecule has 270 valence electrons. The minimum absolute atomic E-state index is 0. The normalized spacial score (nSPS) is 12.4. The molecule has 0 aromatic heterocycles. The molecule has 0 unspecified atom stereocenters. The van der Waals surface area contributed by atoms with Crippen LogP contribution in [0.3, 0.4) is 0 Å². The second-order valence-corrected chi connectivity index (χ2v) is 11.9. The molecule has 0 saturated heterocycles. The molecular formula is C39H46ClN5O6. The molecule has 2 N–H and O–H groups in total. The number of rotatable bonds is 16. The molecule has 11 nitrogen and oxygen atoms in total. The molecule has 0 radical (unpaired) electrons. The van der Waals surface area contributed by atoms with Crippen molar-refractivity contribution in [3.05, 3.63) is 83.7 Å². The number of nitrogens with one attached hydrogen (secondary N) is 2. The Morgan fingerprint density at radius 3 is 2.22 bits per heavy atom. The van der Waals surface area contributed by atoms with E-state index in [0.717, 1.165) is 75.5 Å². The van der Waals surface area contributed by atoms with Crippen molar-refractivity contribution in [1.29, 1.82) is 0 Å². The van der Waals surface area contributed by atoms with Gasteiger partial charge in [-0.25, -0.2) is 4.58 Å². The Morgan fingerprint density at radius 1 is 0.843 bits per heavy atom. The number of halogens is 1. The lowest BCUT2D eigenvalue weighted by Gasteiger charge is -2.22. The summed E-state index contributed by atoms with van der Waals surface area (Å²) >= 11 is 0. The third-order valence-electron chi connectivity index (χ3n) is 8.95. The first-order chi connectivity index (χ1) is 24.3. The van der Waals surface area contributed by atoms with Gasteiger partial charge in [0.2, 0.25) is 11.3 Å². The Hall–Kier alpha value is -5.00. The summed E-state index contributed by atoms with van der Waals surface area (Å²) in [6.45, 7) is 13.1. The molecule has 12 heteroatoms. The van der Waals surface area contributed by atoms with E-state index in [9.17, 15) is 19.2 Å². The van der Waals surface area contributed by atoms with Gasteiger partial charge in [-0.3, -0.25) is 24.1 Å². The van der Waals surface area contributed by atoms with Gasteiger partial charge in [0, 0.05) is 91.2 Å². The van der Waals surface area contributed by atoms with E-state index < -0.39 is 11.8 Å². The highest BCUT2D eigenvalue weighted by Crippen LogP contribution is 2.42. The fraction of sp³-hybridized carbons (Fsp3) is 0.359. The molecule has 0 fully saturated rings. The number of nitrogens with zero attached hydrogens (tertiary/aromatic N) is 3. The van der Waals surface area contributed by atoms with E-state index in [4.69, 9.17) is 9.15 Å². The molecule has 0 saturated carbocycles. The van der Waals surface area contributed by atoms with Gasteiger partial charge in [0.25, 0.3) is 17.7 Å². The van der Waals surface area contributed by atoms with Gasteiger partial charge in [0.15, 0.2) is 0 Å². The first kappa shape index (κ1) is 38.8. The third-order valence-corrected chi connectivity index (χ3v) is 8.95. The highest BCUT2D eigenvalue weighted by atomic mass is 35.5. The second-order valence-electron chi connectivity index (χ2n) is 11.9. The number of ether oxygens (including phenoxy) is 1. The van der Waals surface area contributed by atoms with Crippen molar-refractivity contribution in [2.45, 2.75) is 34.1 Å². The van der Waals surface area contributed by atoms with Gasteiger partial charge < -0.3 is 37.1 Å². The number of anilines is 1. The summed E-state index contributed by atoms with van der Waals surface area (Å²) in [4.78, 5) is 52.3. The van der Waals surface area contributed by atoms with Crippen molar-refractivity contribution >= 4 is 40.3 Å². The predicted octanol–water partition coefficient (Wildman–Crippen LogP) is 1.04. The van der Waals surface area contributed by atoms with E-state index in [0.29, 0.717) is 5.56 Å². The molecule has 0 bridgehead atoms. The first-order valence-electron chi connectivity index (χ1n) is 17.4. The van der Waals surface area contributed by atoms with Crippen LogP contribution in [-0.4, -0.2) is 87.6 Å². The van der Waals surface area contributed by atoms with Crippen LogP contribution in [0.2, 0.25) is 0 Å². The van der Waals surface area contributed by atoms with Gasteiger partial charge in [-0.05, 0) is 57.5 Å². The Balaban J connectivity index is 0.00000583. The molecule has 2 aromatic rings. The Morgan fingerprint density at radius 2 is 1.53 bits per heavy atom. The van der Waals surface area contributed by atoms with Crippen molar-refractivity contribution in [1.82, 2.24) is 20.1 Å². The molecule has 0 atom stereocenters. The number of carbonyl (C=O) groups is 4. The van der Waals surface area contributed by atoms with Crippen molar-refractivity contribution in [2.24, 2.45) is 0 Å². The molecule has 51 heavy (non-hydrogen) atoms. The first-order valence-corrected chi connectivity index (χ1v) is 17.4. The lowest BCUT2D eigenvalue weighted by atomic mass is 9.90. The minimum atomic E-state index is -0.411. The summed E-state index contributed by atoms with van der Waals surface area (Å²) in [5.41, 5.74) is 5.03. The maximum atomic E-state index is 13.6. The summed E-state index contributed by atoms with van der Waals surface area (Å²) < 4.78 is 14.5. The maximum absolute atomic E-state index is 13.6. The standard InChI is InChI=1S/C39H45N5O6.ClH/c1-5-42(6-2)27-13-15-31-33(25-27)50-34-26-28(43(7-3)8-4)14-16-32(34)38(31)29-11-9-10-12-30(29)39(48)41-21-24-49-23-20-40-35(45)19-22-44-36(46)17-18-37(44)47;/h9-18,25-26H,5-8,19-24H2,1-4H3,(H-,40,41,45,48);1H. The third kappa shape index (κ3) is 9.03. The molecule has 4 amide bonds. The Kier molecular flexibility index (Phi) is 13.9. The fourth-order valence-electron chi connectivity index (χ4n) is 6.28. The molecule has 5 rings (SSSR count). The van der Waals surface area contributed by atoms with Crippen LogP contribution in [0.5, 0.6) is 0 Å². The Labute approximate surface area is 304 Å². The van der Waals surface area contributed by atoms with Crippen LogP contribution in [0.15, 0.2) is 77.2 Å². The summed E-state index contributed by atoms with van der Waals surface area (Å²) in [6, 6.07) is 20.2. The number of carbonyl (C=O) groups excluding carboxylic acids is 4. The van der Waals surface area contributed by atoms with Crippen LogP contribution in [0.1, 0.15) is 44.5 Å². The van der Waals surface area contributed by atoms with Gasteiger partial charge in [0.1, 0.15) is 24.4 Å². The number of imide groups is 1.